The van der Waals surface area contributed by atoms with Crippen LogP contribution in [0.5, 0.6) is 5.75 Å². The molecule has 0 saturated carbocycles. The third-order valence-electron chi connectivity index (χ3n) is 6.06. The fourth-order valence-corrected chi connectivity index (χ4v) is 4.16. The van der Waals surface area contributed by atoms with Gasteiger partial charge in [-0.3, -0.25) is 14.5 Å². The van der Waals surface area contributed by atoms with Crippen LogP contribution in [-0.2, 0) is 4.79 Å². The number of nitrogens with two attached hydrogens (primary N) is 2. The second-order valence-corrected chi connectivity index (χ2v) is 8.51. The molecule has 0 radical (unpaired) electrons. The molecule has 4 N–H and O–H groups in total. The topological polar surface area (TPSA) is 102 Å². The molecule has 2 aromatic rings. The van der Waals surface area contributed by atoms with Crippen LogP contribution >= 0.6 is 0 Å². The van der Waals surface area contributed by atoms with E-state index in [0.717, 1.165) is 67.9 Å². The highest BCUT2D eigenvalue weighted by molar-refractivity contribution is 6.00. The molecule has 0 aliphatic carbocycles. The lowest BCUT2D eigenvalue weighted by molar-refractivity contribution is -0.124. The van der Waals surface area contributed by atoms with E-state index in [1.54, 1.807) is 12.1 Å². The summed E-state index contributed by atoms with van der Waals surface area (Å²) in [6, 6.07) is 13.0. The first-order valence-electron chi connectivity index (χ1n) is 11.2. The van der Waals surface area contributed by atoms with Gasteiger partial charge in [-0.05, 0) is 56.5 Å². The molecule has 7 nitrogen and oxygen atoms in total. The van der Waals surface area contributed by atoms with E-state index in [1.807, 2.05) is 37.3 Å². The Morgan fingerprint density at radius 1 is 1.00 bits per heavy atom. The van der Waals surface area contributed by atoms with E-state index in [1.165, 1.54) is 0 Å². The second kappa shape index (κ2) is 11.1. The normalized spacial score (nSPS) is 15.9. The SMILES string of the molecule is Cc1ccc(-c2ccccc2C(N)=O)c(OCCCCC(C(N)=O)N2CCN(C)CC2)c1. The third kappa shape index (κ3) is 6.08. The van der Waals surface area contributed by atoms with Crippen molar-refractivity contribution < 1.29 is 14.3 Å². The highest BCUT2D eigenvalue weighted by atomic mass is 16.5. The molecule has 32 heavy (non-hydrogen) atoms. The Morgan fingerprint density at radius 2 is 1.72 bits per heavy atom. The number of likely N-dealkylation sites (N-methyl/N-ethyl adjacent to an activating group) is 1. The first-order chi connectivity index (χ1) is 15.4. The average Bonchev–Trinajstić information content (AvgIpc) is 2.77. The second-order valence-electron chi connectivity index (χ2n) is 8.51. The summed E-state index contributed by atoms with van der Waals surface area (Å²) in [6.45, 7) is 6.16. The van der Waals surface area contributed by atoms with Crippen molar-refractivity contribution in [2.75, 3.05) is 39.8 Å². The summed E-state index contributed by atoms with van der Waals surface area (Å²) in [6.07, 6.45) is 2.38. The predicted molar refractivity (Wildman–Crippen MR) is 127 cm³/mol. The first-order valence-corrected chi connectivity index (χ1v) is 11.2. The van der Waals surface area contributed by atoms with E-state index in [2.05, 4.69) is 16.8 Å². The van der Waals surface area contributed by atoms with E-state index in [9.17, 15) is 9.59 Å². The number of nitrogens with zero attached hydrogens (tertiary/aromatic N) is 2. The van der Waals surface area contributed by atoms with Crippen molar-refractivity contribution in [1.82, 2.24) is 9.80 Å². The summed E-state index contributed by atoms with van der Waals surface area (Å²) in [5, 5.41) is 0. The van der Waals surface area contributed by atoms with Crippen LogP contribution in [0, 0.1) is 6.92 Å². The van der Waals surface area contributed by atoms with Crippen molar-refractivity contribution in [2.45, 2.75) is 32.2 Å². The summed E-state index contributed by atoms with van der Waals surface area (Å²) < 4.78 is 6.12. The fourth-order valence-electron chi connectivity index (χ4n) is 4.16. The largest absolute Gasteiger partial charge is 0.493 e. The highest BCUT2D eigenvalue weighted by Gasteiger charge is 2.26. The molecule has 172 valence electrons. The minimum absolute atomic E-state index is 0.222. The van der Waals surface area contributed by atoms with E-state index in [0.29, 0.717) is 12.2 Å². The molecule has 3 rings (SSSR count). The van der Waals surface area contributed by atoms with Gasteiger partial charge in [0.1, 0.15) is 5.75 Å². The Hall–Kier alpha value is -2.90. The zero-order chi connectivity index (χ0) is 23.1. The number of rotatable bonds is 10. The number of carbonyl (C=O) groups excluding carboxylic acids is 2. The molecule has 1 atom stereocenters. The van der Waals surface area contributed by atoms with Crippen molar-refractivity contribution in [3.05, 3.63) is 53.6 Å². The van der Waals surface area contributed by atoms with E-state index in [-0.39, 0.29) is 11.9 Å². The van der Waals surface area contributed by atoms with E-state index >= 15 is 0 Å². The van der Waals surface area contributed by atoms with Crippen LogP contribution in [0.15, 0.2) is 42.5 Å². The standard InChI is InChI=1S/C25H34N4O3/c1-18-10-11-20(19-7-3-4-8-21(19)24(26)30)23(17-18)32-16-6-5-9-22(25(27)31)29-14-12-28(2)13-15-29/h3-4,7-8,10-11,17,22H,5-6,9,12-16H2,1-2H3,(H2,26,30)(H2,27,31). The molecule has 1 heterocycles. The zero-order valence-electron chi connectivity index (χ0n) is 19.0. The van der Waals surface area contributed by atoms with Crippen molar-refractivity contribution in [3.63, 3.8) is 0 Å². The molecule has 0 spiro atoms. The lowest BCUT2D eigenvalue weighted by Gasteiger charge is -2.36. The smallest absolute Gasteiger partial charge is 0.249 e. The van der Waals surface area contributed by atoms with Crippen LogP contribution in [0.1, 0.15) is 35.2 Å². The van der Waals surface area contributed by atoms with Gasteiger partial charge in [0.25, 0.3) is 0 Å². The zero-order valence-corrected chi connectivity index (χ0v) is 19.0. The third-order valence-corrected chi connectivity index (χ3v) is 6.06. The van der Waals surface area contributed by atoms with Gasteiger partial charge >= 0.3 is 0 Å². The van der Waals surface area contributed by atoms with Crippen molar-refractivity contribution >= 4 is 11.8 Å². The molecule has 2 amide bonds. The molecule has 1 fully saturated rings. The van der Waals surface area contributed by atoms with Gasteiger partial charge < -0.3 is 21.1 Å². The van der Waals surface area contributed by atoms with Gasteiger partial charge in [-0.15, -0.1) is 0 Å². The predicted octanol–water partition coefficient (Wildman–Crippen LogP) is 2.41. The summed E-state index contributed by atoms with van der Waals surface area (Å²) in [7, 11) is 2.09. The Balaban J connectivity index is 1.60. The molecule has 1 aliphatic heterocycles. The fraction of sp³-hybridized carbons (Fsp3) is 0.440. The van der Waals surface area contributed by atoms with Crippen LogP contribution in [0.4, 0.5) is 0 Å². The summed E-state index contributed by atoms with van der Waals surface area (Å²) >= 11 is 0. The molecular weight excluding hydrogens is 404 g/mol. The minimum atomic E-state index is -0.464. The summed E-state index contributed by atoms with van der Waals surface area (Å²) in [5.74, 6) is 0.0113. The molecule has 7 heteroatoms. The van der Waals surface area contributed by atoms with Crippen LogP contribution in [-0.4, -0.2) is 67.5 Å². The van der Waals surface area contributed by atoms with Gasteiger partial charge in [-0.2, -0.15) is 0 Å². The number of primary amides is 2. The Morgan fingerprint density at radius 3 is 2.41 bits per heavy atom. The monoisotopic (exact) mass is 438 g/mol. The number of benzene rings is 2. The molecule has 0 aromatic heterocycles. The number of hydrogen-bond donors (Lipinski definition) is 2. The lowest BCUT2D eigenvalue weighted by Crippen LogP contribution is -2.53. The molecule has 1 unspecified atom stereocenters. The Kier molecular flexibility index (Phi) is 8.25. The van der Waals surface area contributed by atoms with Gasteiger partial charge in [-0.1, -0.05) is 30.3 Å². The number of amides is 2. The number of unbranched alkanes of at least 4 members (excludes halogenated alkanes) is 1. The van der Waals surface area contributed by atoms with Gasteiger partial charge in [0.2, 0.25) is 11.8 Å². The van der Waals surface area contributed by atoms with Crippen LogP contribution in [0.3, 0.4) is 0 Å². The van der Waals surface area contributed by atoms with Crippen LogP contribution in [0.25, 0.3) is 11.1 Å². The minimum Gasteiger partial charge on any atom is -0.493 e. The van der Waals surface area contributed by atoms with Crippen molar-refractivity contribution in [1.29, 1.82) is 0 Å². The summed E-state index contributed by atoms with van der Waals surface area (Å²) in [4.78, 5) is 28.3. The molecule has 2 aromatic carbocycles. The van der Waals surface area contributed by atoms with Crippen molar-refractivity contribution in [2.24, 2.45) is 11.5 Å². The number of hydrogen-bond acceptors (Lipinski definition) is 5. The molecule has 1 saturated heterocycles. The van der Waals surface area contributed by atoms with E-state index < -0.39 is 5.91 Å². The van der Waals surface area contributed by atoms with Gasteiger partial charge in [0.05, 0.1) is 12.6 Å². The summed E-state index contributed by atoms with van der Waals surface area (Å²) in [5.41, 5.74) is 14.4. The van der Waals surface area contributed by atoms with Crippen LogP contribution < -0.4 is 16.2 Å². The van der Waals surface area contributed by atoms with Crippen LogP contribution in [0.2, 0.25) is 0 Å². The maximum atomic E-state index is 12.0. The quantitative estimate of drug-likeness (QED) is 0.555. The average molecular weight is 439 g/mol. The maximum absolute atomic E-state index is 12.0. The maximum Gasteiger partial charge on any atom is 0.249 e. The van der Waals surface area contributed by atoms with Gasteiger partial charge in [0.15, 0.2) is 0 Å². The Labute approximate surface area is 190 Å². The number of aryl methyl sites for hydroxylation is 1. The Bertz CT molecular complexity index is 939. The number of carbonyl (C=O) groups is 2. The first kappa shape index (κ1) is 23.8. The van der Waals surface area contributed by atoms with Gasteiger partial charge in [0, 0.05) is 37.3 Å². The lowest BCUT2D eigenvalue weighted by atomic mass is 9.97. The molecular formula is C25H34N4O3. The van der Waals surface area contributed by atoms with Gasteiger partial charge in [-0.25, -0.2) is 0 Å². The molecule has 0 bridgehead atoms. The number of ether oxygens (including phenoxy) is 1. The van der Waals surface area contributed by atoms with E-state index in [4.69, 9.17) is 16.2 Å². The molecule has 1 aliphatic rings. The number of piperazine rings is 1. The highest BCUT2D eigenvalue weighted by Crippen LogP contribution is 2.33. The van der Waals surface area contributed by atoms with Crippen molar-refractivity contribution in [3.8, 4) is 16.9 Å².